The first kappa shape index (κ1) is 13.3. The molecule has 2 aromatic heterocycles. The standard InChI is InChI=1S/C12H7BrN4O4/c13-7-2-1-6(11(18)19)3-8(7)21-10-4-9-15-16-12(20)17(9)5-14-10/h1-5H,(H,16,20)(H,18,19). The van der Waals surface area contributed by atoms with Crippen molar-refractivity contribution in [2.45, 2.75) is 0 Å². The minimum absolute atomic E-state index is 0.0882. The molecule has 0 spiro atoms. The van der Waals surface area contributed by atoms with Crippen molar-refractivity contribution in [1.82, 2.24) is 19.6 Å². The van der Waals surface area contributed by atoms with E-state index in [0.29, 0.717) is 15.9 Å². The lowest BCUT2D eigenvalue weighted by atomic mass is 10.2. The molecule has 106 valence electrons. The molecule has 0 aliphatic carbocycles. The summed E-state index contributed by atoms with van der Waals surface area (Å²) < 4.78 is 7.32. The van der Waals surface area contributed by atoms with E-state index in [1.807, 2.05) is 0 Å². The van der Waals surface area contributed by atoms with Crippen LogP contribution in [-0.4, -0.2) is 30.7 Å². The Hall–Kier alpha value is -2.68. The maximum absolute atomic E-state index is 11.3. The number of hydrogen-bond acceptors (Lipinski definition) is 5. The van der Waals surface area contributed by atoms with Gasteiger partial charge in [-0.25, -0.2) is 24.1 Å². The monoisotopic (exact) mass is 350 g/mol. The van der Waals surface area contributed by atoms with Gasteiger partial charge in [-0.2, -0.15) is 5.10 Å². The topological polar surface area (TPSA) is 110 Å². The van der Waals surface area contributed by atoms with E-state index in [-0.39, 0.29) is 11.4 Å². The molecule has 0 bridgehead atoms. The molecule has 8 nitrogen and oxygen atoms in total. The highest BCUT2D eigenvalue weighted by Crippen LogP contribution is 2.29. The first-order chi connectivity index (χ1) is 10.0. The molecule has 1 aromatic carbocycles. The number of carboxylic acids is 1. The summed E-state index contributed by atoms with van der Waals surface area (Å²) in [7, 11) is 0. The van der Waals surface area contributed by atoms with E-state index in [4.69, 9.17) is 9.84 Å². The number of ether oxygens (including phenoxy) is 1. The Labute approximate surface area is 125 Å². The Kier molecular flexibility index (Phi) is 3.18. The molecule has 2 N–H and O–H groups in total. The summed E-state index contributed by atoms with van der Waals surface area (Å²) in [5.41, 5.74) is 0.0267. The zero-order chi connectivity index (χ0) is 15.0. The predicted molar refractivity (Wildman–Crippen MR) is 74.8 cm³/mol. The highest BCUT2D eigenvalue weighted by Gasteiger charge is 2.10. The van der Waals surface area contributed by atoms with Crippen molar-refractivity contribution in [3.8, 4) is 11.6 Å². The summed E-state index contributed by atoms with van der Waals surface area (Å²) in [4.78, 5) is 26.2. The maximum Gasteiger partial charge on any atom is 0.348 e. The highest BCUT2D eigenvalue weighted by molar-refractivity contribution is 9.10. The molecule has 0 atom stereocenters. The average molecular weight is 351 g/mol. The number of aromatic nitrogens is 4. The number of nitrogens with zero attached hydrogens (tertiary/aromatic N) is 3. The van der Waals surface area contributed by atoms with Gasteiger partial charge in [0, 0.05) is 6.07 Å². The van der Waals surface area contributed by atoms with Crippen LogP contribution >= 0.6 is 15.9 Å². The number of nitrogens with one attached hydrogen (secondary N) is 1. The van der Waals surface area contributed by atoms with E-state index >= 15 is 0 Å². The molecule has 3 rings (SSSR count). The van der Waals surface area contributed by atoms with Crippen LogP contribution in [0.15, 0.2) is 39.9 Å². The summed E-state index contributed by atoms with van der Waals surface area (Å²) in [6.07, 6.45) is 1.27. The number of hydrogen-bond donors (Lipinski definition) is 2. The van der Waals surface area contributed by atoms with Gasteiger partial charge in [-0.1, -0.05) is 0 Å². The third-order valence-electron chi connectivity index (χ3n) is 2.68. The number of benzene rings is 1. The van der Waals surface area contributed by atoms with Crippen molar-refractivity contribution in [2.24, 2.45) is 0 Å². The molecule has 0 radical (unpaired) electrons. The molecule has 0 amide bonds. The fraction of sp³-hybridized carbons (Fsp3) is 0. The van der Waals surface area contributed by atoms with Crippen molar-refractivity contribution < 1.29 is 14.6 Å². The fourth-order valence-electron chi connectivity index (χ4n) is 1.68. The number of rotatable bonds is 3. The van der Waals surface area contributed by atoms with Gasteiger partial charge < -0.3 is 9.84 Å². The lowest BCUT2D eigenvalue weighted by Crippen LogP contribution is -2.09. The molecule has 9 heteroatoms. The summed E-state index contributed by atoms with van der Waals surface area (Å²) in [5.74, 6) is -0.580. The Morgan fingerprint density at radius 2 is 2.19 bits per heavy atom. The normalized spacial score (nSPS) is 10.7. The summed E-state index contributed by atoms with van der Waals surface area (Å²) in [6.45, 7) is 0. The highest BCUT2D eigenvalue weighted by atomic mass is 79.9. The number of aromatic carboxylic acids is 1. The second-order valence-corrected chi connectivity index (χ2v) is 4.89. The SMILES string of the molecule is O=C(O)c1ccc(Br)c(Oc2cc3n[nH]c(=O)n3cn2)c1. The van der Waals surface area contributed by atoms with Gasteiger partial charge in [-0.15, -0.1) is 0 Å². The summed E-state index contributed by atoms with van der Waals surface area (Å²) >= 11 is 3.27. The predicted octanol–water partition coefficient (Wildman–Crippen LogP) is 1.67. The molecule has 0 fully saturated rings. The van der Waals surface area contributed by atoms with Crippen LogP contribution in [0.1, 0.15) is 10.4 Å². The first-order valence-electron chi connectivity index (χ1n) is 5.68. The van der Waals surface area contributed by atoms with Gasteiger partial charge in [0.15, 0.2) is 5.65 Å². The second-order valence-electron chi connectivity index (χ2n) is 4.04. The number of halogens is 1. The smallest absolute Gasteiger partial charge is 0.348 e. The van der Waals surface area contributed by atoms with Crippen molar-refractivity contribution >= 4 is 27.5 Å². The van der Waals surface area contributed by atoms with Gasteiger partial charge in [0.25, 0.3) is 0 Å². The van der Waals surface area contributed by atoms with E-state index in [1.165, 1.54) is 28.9 Å². The van der Waals surface area contributed by atoms with Gasteiger partial charge in [-0.05, 0) is 34.1 Å². The van der Waals surface area contributed by atoms with Crippen LogP contribution < -0.4 is 10.4 Å². The Morgan fingerprint density at radius 1 is 1.38 bits per heavy atom. The Morgan fingerprint density at radius 3 is 2.95 bits per heavy atom. The van der Waals surface area contributed by atoms with Crippen molar-refractivity contribution in [3.05, 3.63) is 51.1 Å². The molecule has 0 unspecified atom stereocenters. The molecule has 0 aliphatic rings. The third-order valence-corrected chi connectivity index (χ3v) is 3.33. The average Bonchev–Trinajstić information content (AvgIpc) is 2.82. The number of carboxylic acid groups (broad SMARTS) is 1. The maximum atomic E-state index is 11.3. The molecule has 2 heterocycles. The van der Waals surface area contributed by atoms with E-state index < -0.39 is 11.7 Å². The zero-order valence-corrected chi connectivity index (χ0v) is 11.9. The molecular weight excluding hydrogens is 344 g/mol. The van der Waals surface area contributed by atoms with Gasteiger partial charge >= 0.3 is 11.7 Å². The lowest BCUT2D eigenvalue weighted by molar-refractivity contribution is 0.0696. The van der Waals surface area contributed by atoms with E-state index in [0.717, 1.165) is 0 Å². The van der Waals surface area contributed by atoms with E-state index in [1.54, 1.807) is 6.07 Å². The van der Waals surface area contributed by atoms with Gasteiger partial charge in [0.2, 0.25) is 5.88 Å². The van der Waals surface area contributed by atoms with Crippen molar-refractivity contribution in [2.75, 3.05) is 0 Å². The number of H-pyrrole nitrogens is 1. The van der Waals surface area contributed by atoms with Crippen molar-refractivity contribution in [3.63, 3.8) is 0 Å². The minimum atomic E-state index is -1.06. The van der Waals surface area contributed by atoms with Crippen molar-refractivity contribution in [1.29, 1.82) is 0 Å². The van der Waals surface area contributed by atoms with Crippen LogP contribution in [0.2, 0.25) is 0 Å². The summed E-state index contributed by atoms with van der Waals surface area (Å²) in [6, 6.07) is 5.84. The fourth-order valence-corrected chi connectivity index (χ4v) is 2.00. The molecule has 0 aliphatic heterocycles. The molecular formula is C12H7BrN4O4. The molecule has 21 heavy (non-hydrogen) atoms. The molecule has 0 saturated carbocycles. The van der Waals surface area contributed by atoms with Crippen LogP contribution in [0.25, 0.3) is 5.65 Å². The van der Waals surface area contributed by atoms with Crippen LogP contribution in [0.5, 0.6) is 11.6 Å². The summed E-state index contributed by atoms with van der Waals surface area (Å²) in [5, 5.41) is 15.0. The molecule has 3 aromatic rings. The number of carbonyl (C=O) groups is 1. The van der Waals surface area contributed by atoms with Gasteiger partial charge in [0.1, 0.15) is 12.1 Å². The minimum Gasteiger partial charge on any atom is -0.478 e. The first-order valence-corrected chi connectivity index (χ1v) is 6.47. The van der Waals surface area contributed by atoms with E-state index in [9.17, 15) is 9.59 Å². The van der Waals surface area contributed by atoms with Gasteiger partial charge in [0.05, 0.1) is 10.0 Å². The van der Waals surface area contributed by atoms with Crippen LogP contribution in [0.3, 0.4) is 0 Å². The molecule has 0 saturated heterocycles. The zero-order valence-electron chi connectivity index (χ0n) is 10.3. The Bertz CT molecular complexity index is 902. The van der Waals surface area contributed by atoms with Crippen LogP contribution in [0, 0.1) is 0 Å². The quantitative estimate of drug-likeness (QED) is 0.743. The van der Waals surface area contributed by atoms with Crippen LogP contribution in [0.4, 0.5) is 0 Å². The number of aromatic amines is 1. The number of fused-ring (bicyclic) bond motifs is 1. The third kappa shape index (κ3) is 2.50. The van der Waals surface area contributed by atoms with Gasteiger partial charge in [-0.3, -0.25) is 0 Å². The lowest BCUT2D eigenvalue weighted by Gasteiger charge is -2.07. The Balaban J connectivity index is 1.99. The van der Waals surface area contributed by atoms with Crippen LogP contribution in [-0.2, 0) is 0 Å². The van der Waals surface area contributed by atoms with E-state index in [2.05, 4.69) is 31.1 Å². The largest absolute Gasteiger partial charge is 0.478 e. The second kappa shape index (κ2) is 5.02.